The number of amides is 1. The number of hydrogen-bond acceptors (Lipinski definition) is 5. The van der Waals surface area contributed by atoms with E-state index in [4.69, 9.17) is 4.42 Å². The number of nitrogens with zero attached hydrogens (tertiary/aromatic N) is 2. The predicted molar refractivity (Wildman–Crippen MR) is 88.6 cm³/mol. The number of aromatic amines is 1. The third-order valence-electron chi connectivity index (χ3n) is 3.35. The van der Waals surface area contributed by atoms with Crippen LogP contribution in [0.25, 0.3) is 21.7 Å². The number of aromatic nitrogens is 3. The topological polar surface area (TPSA) is 83.8 Å². The zero-order valence-corrected chi connectivity index (χ0v) is 13.0. The second-order valence-electron chi connectivity index (χ2n) is 5.01. The quantitative estimate of drug-likeness (QED) is 0.599. The minimum absolute atomic E-state index is 0.278. The monoisotopic (exact) mass is 324 g/mol. The number of anilines is 1. The van der Waals surface area contributed by atoms with Crippen LogP contribution < -0.4 is 5.32 Å². The average Bonchev–Trinajstić information content (AvgIpc) is 3.26. The zero-order chi connectivity index (χ0) is 15.8. The molecule has 0 bridgehead atoms. The lowest BCUT2D eigenvalue weighted by atomic mass is 10.2. The molecule has 0 aliphatic carbocycles. The summed E-state index contributed by atoms with van der Waals surface area (Å²) < 4.78 is 5.47. The maximum absolute atomic E-state index is 12.3. The molecule has 3 aromatic heterocycles. The van der Waals surface area contributed by atoms with Gasteiger partial charge in [-0.15, -0.1) is 11.3 Å². The van der Waals surface area contributed by atoms with Crippen molar-refractivity contribution in [1.82, 2.24) is 15.2 Å². The molecule has 4 aromatic rings. The van der Waals surface area contributed by atoms with Crippen molar-refractivity contribution in [3.05, 3.63) is 53.4 Å². The first-order valence-corrected chi connectivity index (χ1v) is 7.85. The summed E-state index contributed by atoms with van der Waals surface area (Å²) in [5.74, 6) is 0.316. The zero-order valence-electron chi connectivity index (χ0n) is 12.2. The van der Waals surface area contributed by atoms with Gasteiger partial charge in [0.25, 0.3) is 5.91 Å². The SMILES string of the molecule is Cc1nc2ccc(NC(=O)c3cc(-c4cccs4)[nH]n3)cc2o1. The second kappa shape index (κ2) is 5.36. The van der Waals surface area contributed by atoms with Gasteiger partial charge in [0.2, 0.25) is 0 Å². The molecule has 114 valence electrons. The van der Waals surface area contributed by atoms with Crippen molar-refractivity contribution >= 4 is 34.0 Å². The minimum atomic E-state index is -0.278. The maximum atomic E-state index is 12.3. The summed E-state index contributed by atoms with van der Waals surface area (Å²) in [5, 5.41) is 11.7. The van der Waals surface area contributed by atoms with Gasteiger partial charge in [0.05, 0.1) is 10.6 Å². The van der Waals surface area contributed by atoms with Crippen LogP contribution in [0.2, 0.25) is 0 Å². The number of oxazole rings is 1. The Kier molecular flexibility index (Phi) is 3.20. The number of carbonyl (C=O) groups is 1. The molecule has 3 heterocycles. The molecule has 0 radical (unpaired) electrons. The lowest BCUT2D eigenvalue weighted by molar-refractivity contribution is 0.102. The summed E-state index contributed by atoms with van der Waals surface area (Å²) >= 11 is 1.59. The Balaban J connectivity index is 1.56. The van der Waals surface area contributed by atoms with E-state index in [9.17, 15) is 4.79 Å². The molecule has 1 amide bonds. The third-order valence-corrected chi connectivity index (χ3v) is 4.25. The fourth-order valence-electron chi connectivity index (χ4n) is 2.31. The molecule has 7 heteroatoms. The lowest BCUT2D eigenvalue weighted by Gasteiger charge is -2.02. The molecule has 0 atom stereocenters. The van der Waals surface area contributed by atoms with E-state index in [2.05, 4.69) is 20.5 Å². The first kappa shape index (κ1) is 13.7. The second-order valence-corrected chi connectivity index (χ2v) is 5.96. The van der Waals surface area contributed by atoms with Crippen molar-refractivity contribution in [1.29, 1.82) is 0 Å². The van der Waals surface area contributed by atoms with Crippen LogP contribution in [0, 0.1) is 6.92 Å². The number of rotatable bonds is 3. The van der Waals surface area contributed by atoms with Crippen LogP contribution in [0.5, 0.6) is 0 Å². The molecule has 0 saturated carbocycles. The Hall–Kier alpha value is -2.93. The van der Waals surface area contributed by atoms with Crippen molar-refractivity contribution in [3.8, 4) is 10.6 Å². The van der Waals surface area contributed by atoms with Crippen molar-refractivity contribution in [2.75, 3.05) is 5.32 Å². The molecule has 0 aliphatic heterocycles. The Morgan fingerprint density at radius 3 is 3.04 bits per heavy atom. The highest BCUT2D eigenvalue weighted by atomic mass is 32.1. The number of aryl methyl sites for hydroxylation is 1. The number of hydrogen-bond donors (Lipinski definition) is 2. The van der Waals surface area contributed by atoms with Crippen molar-refractivity contribution in [2.24, 2.45) is 0 Å². The Labute approximate surface area is 135 Å². The number of nitrogens with one attached hydrogen (secondary N) is 2. The standard InChI is InChI=1S/C16H12N4O2S/c1-9-17-11-5-4-10(7-14(11)22-9)18-16(21)13-8-12(19-20-13)15-3-2-6-23-15/h2-8H,1H3,(H,18,21)(H,19,20). The van der Waals surface area contributed by atoms with E-state index in [-0.39, 0.29) is 5.91 Å². The highest BCUT2D eigenvalue weighted by Gasteiger charge is 2.13. The Morgan fingerprint density at radius 2 is 2.22 bits per heavy atom. The van der Waals surface area contributed by atoms with E-state index in [1.54, 1.807) is 36.5 Å². The van der Waals surface area contributed by atoms with Crippen LogP contribution in [0.1, 0.15) is 16.4 Å². The van der Waals surface area contributed by atoms with E-state index < -0.39 is 0 Å². The van der Waals surface area contributed by atoms with Crippen LogP contribution in [0.15, 0.2) is 46.2 Å². The molecular formula is C16H12N4O2S. The molecule has 2 N–H and O–H groups in total. The molecule has 0 aliphatic rings. The number of carbonyl (C=O) groups excluding carboxylic acids is 1. The van der Waals surface area contributed by atoms with Gasteiger partial charge in [-0.1, -0.05) is 6.07 Å². The fraction of sp³-hybridized carbons (Fsp3) is 0.0625. The first-order valence-electron chi connectivity index (χ1n) is 6.97. The van der Waals surface area contributed by atoms with Gasteiger partial charge < -0.3 is 9.73 Å². The van der Waals surface area contributed by atoms with E-state index in [0.717, 1.165) is 16.1 Å². The summed E-state index contributed by atoms with van der Waals surface area (Å²) in [7, 11) is 0. The van der Waals surface area contributed by atoms with E-state index in [1.807, 2.05) is 23.6 Å². The first-order chi connectivity index (χ1) is 11.2. The summed E-state index contributed by atoms with van der Waals surface area (Å²) in [5.41, 5.74) is 3.20. The highest BCUT2D eigenvalue weighted by Crippen LogP contribution is 2.24. The lowest BCUT2D eigenvalue weighted by Crippen LogP contribution is -2.12. The number of H-pyrrole nitrogens is 1. The normalized spacial score (nSPS) is 11.0. The minimum Gasteiger partial charge on any atom is -0.441 e. The van der Waals surface area contributed by atoms with E-state index in [1.165, 1.54) is 0 Å². The third kappa shape index (κ3) is 2.62. The maximum Gasteiger partial charge on any atom is 0.276 e. The van der Waals surface area contributed by atoms with Crippen LogP contribution in [0.4, 0.5) is 5.69 Å². The smallest absolute Gasteiger partial charge is 0.276 e. The van der Waals surface area contributed by atoms with Crippen LogP contribution in [0.3, 0.4) is 0 Å². The predicted octanol–water partition coefficient (Wildman–Crippen LogP) is 3.84. The largest absolute Gasteiger partial charge is 0.441 e. The van der Waals surface area contributed by atoms with Gasteiger partial charge in [-0.2, -0.15) is 5.10 Å². The van der Waals surface area contributed by atoms with Crippen molar-refractivity contribution in [3.63, 3.8) is 0 Å². The molecule has 0 fully saturated rings. The van der Waals surface area contributed by atoms with Gasteiger partial charge in [-0.05, 0) is 29.6 Å². The van der Waals surface area contributed by atoms with Gasteiger partial charge in [-0.25, -0.2) is 4.98 Å². The van der Waals surface area contributed by atoms with Crippen LogP contribution in [-0.2, 0) is 0 Å². The summed E-state index contributed by atoms with van der Waals surface area (Å²) in [6.07, 6.45) is 0. The molecule has 0 spiro atoms. The molecular weight excluding hydrogens is 312 g/mol. The molecule has 23 heavy (non-hydrogen) atoms. The Bertz CT molecular complexity index is 985. The Morgan fingerprint density at radius 1 is 1.30 bits per heavy atom. The summed E-state index contributed by atoms with van der Waals surface area (Å²) in [6.45, 7) is 1.79. The molecule has 4 rings (SSSR count). The summed E-state index contributed by atoms with van der Waals surface area (Å²) in [4.78, 5) is 17.6. The van der Waals surface area contributed by atoms with E-state index >= 15 is 0 Å². The van der Waals surface area contributed by atoms with Gasteiger partial charge in [0, 0.05) is 18.7 Å². The van der Waals surface area contributed by atoms with Gasteiger partial charge in [0.1, 0.15) is 5.52 Å². The van der Waals surface area contributed by atoms with Crippen molar-refractivity contribution in [2.45, 2.75) is 6.92 Å². The molecule has 0 saturated heterocycles. The van der Waals surface area contributed by atoms with E-state index in [0.29, 0.717) is 22.9 Å². The summed E-state index contributed by atoms with van der Waals surface area (Å²) in [6, 6.07) is 11.0. The van der Waals surface area contributed by atoms with Gasteiger partial charge in [-0.3, -0.25) is 9.89 Å². The molecule has 0 unspecified atom stereocenters. The number of fused-ring (bicyclic) bond motifs is 1. The highest BCUT2D eigenvalue weighted by molar-refractivity contribution is 7.13. The fourth-order valence-corrected chi connectivity index (χ4v) is 3.00. The van der Waals surface area contributed by atoms with Crippen molar-refractivity contribution < 1.29 is 9.21 Å². The van der Waals surface area contributed by atoms with Crippen LogP contribution >= 0.6 is 11.3 Å². The number of thiophene rings is 1. The van der Waals surface area contributed by atoms with Crippen LogP contribution in [-0.4, -0.2) is 21.1 Å². The average molecular weight is 324 g/mol. The van der Waals surface area contributed by atoms with Gasteiger partial charge in [0.15, 0.2) is 17.2 Å². The number of benzene rings is 1. The molecule has 6 nitrogen and oxygen atoms in total. The van der Waals surface area contributed by atoms with Gasteiger partial charge >= 0.3 is 0 Å². The molecule has 1 aromatic carbocycles.